The van der Waals surface area contributed by atoms with Gasteiger partial charge in [0.15, 0.2) is 0 Å². The van der Waals surface area contributed by atoms with Crippen LogP contribution in [0, 0.1) is 6.92 Å². The zero-order chi connectivity index (χ0) is 17.4. The van der Waals surface area contributed by atoms with Gasteiger partial charge in [0.25, 0.3) is 0 Å². The molecule has 25 heavy (non-hydrogen) atoms. The van der Waals surface area contributed by atoms with Crippen molar-refractivity contribution in [3.8, 4) is 5.75 Å². The van der Waals surface area contributed by atoms with Gasteiger partial charge in [0.05, 0.1) is 17.3 Å². The van der Waals surface area contributed by atoms with Crippen molar-refractivity contribution in [3.05, 3.63) is 58.8 Å². The summed E-state index contributed by atoms with van der Waals surface area (Å²) < 4.78 is 17.3. The first-order valence-electron chi connectivity index (χ1n) is 7.74. The number of para-hydroxylation sites is 1. The predicted octanol–water partition coefficient (Wildman–Crippen LogP) is 4.72. The molecule has 2 heterocycles. The molecule has 0 amide bonds. The highest BCUT2D eigenvalue weighted by Crippen LogP contribution is 2.29. The molecule has 0 aliphatic rings. The molecule has 2 aromatic heterocycles. The van der Waals surface area contributed by atoms with Crippen molar-refractivity contribution in [1.82, 2.24) is 4.98 Å². The Kier molecular flexibility index (Phi) is 3.89. The van der Waals surface area contributed by atoms with Crippen molar-refractivity contribution in [3.63, 3.8) is 0 Å². The number of hydrogen-bond donors (Lipinski definition) is 0. The molecule has 0 radical (unpaired) electrons. The van der Waals surface area contributed by atoms with Crippen molar-refractivity contribution in [2.75, 3.05) is 7.11 Å². The van der Waals surface area contributed by atoms with Crippen molar-refractivity contribution >= 4 is 38.5 Å². The fourth-order valence-corrected chi connectivity index (χ4v) is 3.58. The van der Waals surface area contributed by atoms with Crippen LogP contribution in [-0.4, -0.2) is 18.1 Å². The molecule has 5 nitrogen and oxygen atoms in total. The number of rotatable bonds is 4. The Labute approximate surface area is 147 Å². The maximum atomic E-state index is 12.4. The summed E-state index contributed by atoms with van der Waals surface area (Å²) in [5.74, 6) is 0.432. The number of thiazole rings is 1. The maximum absolute atomic E-state index is 12.4. The molecule has 0 saturated carbocycles. The fraction of sp³-hybridized carbons (Fsp3) is 0.158. The highest BCUT2D eigenvalue weighted by molar-refractivity contribution is 7.18. The zero-order valence-corrected chi connectivity index (χ0v) is 14.6. The Bertz CT molecular complexity index is 1050. The molecule has 0 bridgehead atoms. The molecular formula is C19H15NO4S. The van der Waals surface area contributed by atoms with Gasteiger partial charge in [-0.1, -0.05) is 12.1 Å². The Morgan fingerprint density at radius 3 is 2.88 bits per heavy atom. The van der Waals surface area contributed by atoms with Crippen LogP contribution in [0.15, 0.2) is 46.9 Å². The van der Waals surface area contributed by atoms with Crippen molar-refractivity contribution < 1.29 is 18.7 Å². The first-order valence-corrected chi connectivity index (χ1v) is 8.56. The molecule has 4 aromatic rings. The van der Waals surface area contributed by atoms with Gasteiger partial charge >= 0.3 is 5.97 Å². The summed E-state index contributed by atoms with van der Waals surface area (Å²) in [4.78, 5) is 16.9. The number of carbonyl (C=O) groups is 1. The summed E-state index contributed by atoms with van der Waals surface area (Å²) in [6.45, 7) is 1.96. The summed E-state index contributed by atoms with van der Waals surface area (Å²) in [6.07, 6.45) is 0. The number of furan rings is 1. The van der Waals surface area contributed by atoms with E-state index < -0.39 is 5.97 Å². The molecule has 0 fully saturated rings. The van der Waals surface area contributed by atoms with E-state index in [0.29, 0.717) is 11.3 Å². The first-order chi connectivity index (χ1) is 12.2. The van der Waals surface area contributed by atoms with Gasteiger partial charge in [-0.2, -0.15) is 0 Å². The molecule has 2 aromatic carbocycles. The second-order valence-electron chi connectivity index (χ2n) is 5.57. The van der Waals surface area contributed by atoms with Gasteiger partial charge in [-0.25, -0.2) is 9.78 Å². The number of hydrogen-bond acceptors (Lipinski definition) is 6. The third kappa shape index (κ3) is 2.85. The Morgan fingerprint density at radius 1 is 1.24 bits per heavy atom. The van der Waals surface area contributed by atoms with Gasteiger partial charge in [-0.3, -0.25) is 0 Å². The number of aryl methyl sites for hydroxylation is 1. The molecular weight excluding hydrogens is 338 g/mol. The lowest BCUT2D eigenvalue weighted by Crippen LogP contribution is -2.05. The summed E-state index contributed by atoms with van der Waals surface area (Å²) in [5, 5.41) is 1.59. The summed E-state index contributed by atoms with van der Waals surface area (Å²) in [6, 6.07) is 13.3. The van der Waals surface area contributed by atoms with E-state index in [1.165, 1.54) is 11.3 Å². The largest absolute Gasteiger partial charge is 0.497 e. The molecule has 4 rings (SSSR count). The molecule has 0 saturated heterocycles. The lowest BCUT2D eigenvalue weighted by molar-refractivity contribution is 0.0437. The van der Waals surface area contributed by atoms with Gasteiger partial charge in [-0.05, 0) is 37.3 Å². The minimum absolute atomic E-state index is 0.123. The topological polar surface area (TPSA) is 61.6 Å². The molecule has 6 heteroatoms. The van der Waals surface area contributed by atoms with Crippen LogP contribution in [0.1, 0.15) is 21.1 Å². The van der Waals surface area contributed by atoms with Crippen LogP contribution in [0.4, 0.5) is 0 Å². The Balaban J connectivity index is 1.56. The number of aromatic nitrogens is 1. The number of carbonyl (C=O) groups excluding carboxylic acids is 1. The number of benzene rings is 2. The quantitative estimate of drug-likeness (QED) is 0.497. The average molecular weight is 353 g/mol. The minimum Gasteiger partial charge on any atom is -0.497 e. The van der Waals surface area contributed by atoms with Gasteiger partial charge < -0.3 is 13.9 Å². The van der Waals surface area contributed by atoms with Gasteiger partial charge in [-0.15, -0.1) is 11.3 Å². The Hall–Kier alpha value is -2.86. The molecule has 0 atom stereocenters. The normalized spacial score (nSPS) is 11.1. The highest BCUT2D eigenvalue weighted by Gasteiger charge is 2.20. The number of nitrogens with zero attached hydrogens (tertiary/aromatic N) is 1. The average Bonchev–Trinajstić information content (AvgIpc) is 3.20. The van der Waals surface area contributed by atoms with Gasteiger partial charge in [0, 0.05) is 10.9 Å². The third-order valence-electron chi connectivity index (χ3n) is 3.99. The smallest absolute Gasteiger partial charge is 0.374 e. The van der Waals surface area contributed by atoms with Gasteiger partial charge in [0.2, 0.25) is 5.76 Å². The van der Waals surface area contributed by atoms with E-state index in [9.17, 15) is 4.79 Å². The molecule has 126 valence electrons. The van der Waals surface area contributed by atoms with E-state index in [4.69, 9.17) is 13.9 Å². The van der Waals surface area contributed by atoms with Crippen LogP contribution < -0.4 is 4.74 Å². The molecule has 0 aliphatic heterocycles. The van der Waals surface area contributed by atoms with E-state index in [1.807, 2.05) is 37.3 Å². The molecule has 0 unspecified atom stereocenters. The number of methoxy groups -OCH3 is 1. The summed E-state index contributed by atoms with van der Waals surface area (Å²) in [7, 11) is 1.60. The van der Waals surface area contributed by atoms with Crippen LogP contribution in [0.2, 0.25) is 0 Å². The highest BCUT2D eigenvalue weighted by atomic mass is 32.1. The second kappa shape index (κ2) is 6.22. The van der Waals surface area contributed by atoms with Crippen molar-refractivity contribution in [1.29, 1.82) is 0 Å². The van der Waals surface area contributed by atoms with Crippen LogP contribution in [0.25, 0.3) is 21.2 Å². The van der Waals surface area contributed by atoms with Crippen LogP contribution in [0.5, 0.6) is 5.75 Å². The maximum Gasteiger partial charge on any atom is 0.374 e. The number of esters is 1. The summed E-state index contributed by atoms with van der Waals surface area (Å²) >= 11 is 1.51. The van der Waals surface area contributed by atoms with Crippen molar-refractivity contribution in [2.24, 2.45) is 0 Å². The SMILES string of the molecule is COc1ccc2oc(C(=O)OCc3nc4ccccc4s3)c(C)c2c1. The zero-order valence-electron chi connectivity index (χ0n) is 13.7. The van der Waals surface area contributed by atoms with Crippen LogP contribution in [0.3, 0.4) is 0 Å². The lowest BCUT2D eigenvalue weighted by atomic mass is 10.1. The third-order valence-corrected chi connectivity index (χ3v) is 5.00. The first kappa shape index (κ1) is 15.7. The van der Waals surface area contributed by atoms with E-state index >= 15 is 0 Å². The van der Waals surface area contributed by atoms with Gasteiger partial charge in [0.1, 0.15) is 22.9 Å². The van der Waals surface area contributed by atoms with Crippen molar-refractivity contribution in [2.45, 2.75) is 13.5 Å². The molecule has 0 spiro atoms. The fourth-order valence-electron chi connectivity index (χ4n) is 2.70. The number of ether oxygens (including phenoxy) is 2. The Morgan fingerprint density at radius 2 is 2.08 bits per heavy atom. The predicted molar refractivity (Wildman–Crippen MR) is 96.2 cm³/mol. The van der Waals surface area contributed by atoms with Crippen LogP contribution >= 0.6 is 11.3 Å². The minimum atomic E-state index is -0.494. The summed E-state index contributed by atoms with van der Waals surface area (Å²) in [5.41, 5.74) is 2.28. The monoisotopic (exact) mass is 353 g/mol. The standard InChI is InChI=1S/C19H15NO4S/c1-11-13-9-12(22-2)7-8-15(13)24-18(11)19(21)23-10-17-20-14-5-3-4-6-16(14)25-17/h3-9H,10H2,1-2H3. The van der Waals surface area contributed by atoms with E-state index in [-0.39, 0.29) is 12.4 Å². The number of fused-ring (bicyclic) bond motifs is 2. The molecule has 0 aliphatic carbocycles. The van der Waals surface area contributed by atoms with E-state index in [0.717, 1.165) is 26.2 Å². The lowest BCUT2D eigenvalue weighted by Gasteiger charge is -2.00. The van der Waals surface area contributed by atoms with E-state index in [2.05, 4.69) is 4.98 Å². The second-order valence-corrected chi connectivity index (χ2v) is 6.68. The molecule has 0 N–H and O–H groups in total. The van der Waals surface area contributed by atoms with E-state index in [1.54, 1.807) is 19.2 Å². The van der Waals surface area contributed by atoms with Crippen LogP contribution in [-0.2, 0) is 11.3 Å².